The summed E-state index contributed by atoms with van der Waals surface area (Å²) in [6, 6.07) is 7.43. The van der Waals surface area contributed by atoms with E-state index in [4.69, 9.17) is 9.47 Å². The van der Waals surface area contributed by atoms with E-state index < -0.39 is 11.8 Å². The smallest absolute Gasteiger partial charge is 0.410 e. The van der Waals surface area contributed by atoms with Crippen LogP contribution in [0.5, 0.6) is 0 Å². The summed E-state index contributed by atoms with van der Waals surface area (Å²) >= 11 is 0. The number of halogens is 1. The minimum Gasteiger partial charge on any atom is -0.447 e. The number of carbonyl (C=O) groups is 2. The molecule has 1 fully saturated rings. The molecule has 0 saturated carbocycles. The molecule has 1 aromatic heterocycles. The number of anilines is 2. The van der Waals surface area contributed by atoms with E-state index in [0.717, 1.165) is 11.3 Å². The highest BCUT2D eigenvalue weighted by atomic mass is 19.1. The van der Waals surface area contributed by atoms with Gasteiger partial charge in [0, 0.05) is 39.0 Å². The SMILES string of the molecule is COC[C@@H]1CN(Cc2ccc(F)c(NC(=O)Nc3ccc(C)nc3)c2)CCN1C(=O)OC(C)C. The Morgan fingerprint density at radius 2 is 2.00 bits per heavy atom. The first-order valence-electron chi connectivity index (χ1n) is 11.2. The number of pyridine rings is 1. The maximum atomic E-state index is 14.4. The number of nitrogens with zero attached hydrogens (tertiary/aromatic N) is 3. The summed E-state index contributed by atoms with van der Waals surface area (Å²) in [6.45, 7) is 8.11. The number of rotatable bonds is 7. The van der Waals surface area contributed by atoms with E-state index in [0.29, 0.717) is 38.5 Å². The average molecular weight is 474 g/mol. The van der Waals surface area contributed by atoms with Crippen molar-refractivity contribution in [3.05, 3.63) is 53.6 Å². The molecular formula is C24H32FN5O4. The number of aryl methyl sites for hydroxylation is 1. The quantitative estimate of drug-likeness (QED) is 0.634. The molecule has 34 heavy (non-hydrogen) atoms. The monoisotopic (exact) mass is 473 g/mol. The molecule has 1 aliphatic heterocycles. The normalized spacial score (nSPS) is 16.4. The Morgan fingerprint density at radius 1 is 1.21 bits per heavy atom. The van der Waals surface area contributed by atoms with E-state index >= 15 is 0 Å². The van der Waals surface area contributed by atoms with Crippen LogP contribution in [0.4, 0.5) is 25.4 Å². The van der Waals surface area contributed by atoms with E-state index in [1.54, 1.807) is 36.3 Å². The van der Waals surface area contributed by atoms with Crippen LogP contribution < -0.4 is 10.6 Å². The zero-order valence-corrected chi connectivity index (χ0v) is 20.0. The van der Waals surface area contributed by atoms with Crippen molar-refractivity contribution in [1.82, 2.24) is 14.8 Å². The van der Waals surface area contributed by atoms with Crippen molar-refractivity contribution < 1.29 is 23.5 Å². The Balaban J connectivity index is 1.62. The number of hydrogen-bond donors (Lipinski definition) is 2. The second-order valence-electron chi connectivity index (χ2n) is 8.55. The van der Waals surface area contributed by atoms with Crippen molar-refractivity contribution in [1.29, 1.82) is 0 Å². The predicted molar refractivity (Wildman–Crippen MR) is 127 cm³/mol. The molecule has 0 aliphatic carbocycles. The number of ether oxygens (including phenoxy) is 2. The third-order valence-electron chi connectivity index (χ3n) is 5.35. The summed E-state index contributed by atoms with van der Waals surface area (Å²) in [6.07, 6.45) is 0.993. The van der Waals surface area contributed by atoms with E-state index in [2.05, 4.69) is 20.5 Å². The standard InChI is InChI=1S/C24H32FN5O4/c1-16(2)34-24(32)30-10-9-29(14-20(30)15-33-4)13-18-6-8-21(25)22(11-18)28-23(31)27-19-7-5-17(3)26-12-19/h5-8,11-12,16,20H,9-10,13-15H2,1-4H3,(H2,27,28,31)/t20-/m0/s1. The summed E-state index contributed by atoms with van der Waals surface area (Å²) in [5.41, 5.74) is 2.26. The van der Waals surface area contributed by atoms with E-state index in [1.165, 1.54) is 12.3 Å². The summed E-state index contributed by atoms with van der Waals surface area (Å²) < 4.78 is 25.0. The molecule has 0 spiro atoms. The highest BCUT2D eigenvalue weighted by Crippen LogP contribution is 2.20. The van der Waals surface area contributed by atoms with Crippen molar-refractivity contribution in [2.75, 3.05) is 44.0 Å². The van der Waals surface area contributed by atoms with Crippen LogP contribution in [0.15, 0.2) is 36.5 Å². The second-order valence-corrected chi connectivity index (χ2v) is 8.55. The van der Waals surface area contributed by atoms with Gasteiger partial charge in [-0.15, -0.1) is 0 Å². The van der Waals surface area contributed by atoms with Crippen molar-refractivity contribution in [3.8, 4) is 0 Å². The van der Waals surface area contributed by atoms with Crippen LogP contribution in [0, 0.1) is 12.7 Å². The second kappa shape index (κ2) is 11.8. The molecule has 1 aliphatic rings. The molecule has 9 nitrogen and oxygen atoms in total. The van der Waals surface area contributed by atoms with Crippen molar-refractivity contribution >= 4 is 23.5 Å². The van der Waals surface area contributed by atoms with Gasteiger partial charge in [0.1, 0.15) is 5.82 Å². The molecule has 0 unspecified atom stereocenters. The molecule has 1 aromatic carbocycles. The Bertz CT molecular complexity index is 986. The number of hydrogen-bond acceptors (Lipinski definition) is 6. The van der Waals surface area contributed by atoms with Gasteiger partial charge in [-0.1, -0.05) is 6.07 Å². The number of amides is 3. The number of aromatic nitrogens is 1. The first-order chi connectivity index (χ1) is 16.2. The van der Waals surface area contributed by atoms with E-state index in [9.17, 15) is 14.0 Å². The number of methoxy groups -OCH3 is 1. The fraction of sp³-hybridized carbons (Fsp3) is 0.458. The zero-order valence-electron chi connectivity index (χ0n) is 20.0. The van der Waals surface area contributed by atoms with E-state index in [1.807, 2.05) is 20.8 Å². The molecule has 2 N–H and O–H groups in total. The number of benzene rings is 1. The molecule has 0 bridgehead atoms. The Kier molecular flexibility index (Phi) is 8.78. The molecule has 2 heterocycles. The van der Waals surface area contributed by atoms with Gasteiger partial charge in [0.05, 0.1) is 36.3 Å². The van der Waals surface area contributed by atoms with E-state index in [-0.39, 0.29) is 23.9 Å². The lowest BCUT2D eigenvalue weighted by Gasteiger charge is -2.40. The fourth-order valence-electron chi connectivity index (χ4n) is 3.76. The van der Waals surface area contributed by atoms with Gasteiger partial charge in [0.2, 0.25) is 0 Å². The van der Waals surface area contributed by atoms with Gasteiger partial charge >= 0.3 is 12.1 Å². The summed E-state index contributed by atoms with van der Waals surface area (Å²) in [5, 5.41) is 5.20. The van der Waals surface area contributed by atoms with Crippen LogP contribution in [-0.4, -0.2) is 72.4 Å². The Labute approximate surface area is 199 Å². The number of carbonyl (C=O) groups excluding carboxylic acids is 2. The number of piperazine rings is 1. The van der Waals surface area contributed by atoms with Gasteiger partial charge in [0.15, 0.2) is 0 Å². The van der Waals surface area contributed by atoms with Crippen molar-refractivity contribution in [2.24, 2.45) is 0 Å². The number of urea groups is 1. The fourth-order valence-corrected chi connectivity index (χ4v) is 3.76. The molecule has 3 amide bonds. The first kappa shape index (κ1) is 25.4. The van der Waals surface area contributed by atoms with Crippen LogP contribution >= 0.6 is 0 Å². The van der Waals surface area contributed by atoms with Gasteiger partial charge in [-0.2, -0.15) is 0 Å². The molecule has 1 atom stereocenters. The van der Waals surface area contributed by atoms with Gasteiger partial charge < -0.3 is 25.0 Å². The molecule has 0 radical (unpaired) electrons. The molecule has 10 heteroatoms. The largest absolute Gasteiger partial charge is 0.447 e. The van der Waals surface area contributed by atoms with Crippen LogP contribution in [0.3, 0.4) is 0 Å². The molecule has 3 rings (SSSR count). The van der Waals surface area contributed by atoms with Gasteiger partial charge in [-0.05, 0) is 50.6 Å². The lowest BCUT2D eigenvalue weighted by Crippen LogP contribution is -2.56. The average Bonchev–Trinajstić information content (AvgIpc) is 2.77. The van der Waals surface area contributed by atoms with Crippen molar-refractivity contribution in [3.63, 3.8) is 0 Å². The zero-order chi connectivity index (χ0) is 24.7. The summed E-state index contributed by atoms with van der Waals surface area (Å²) in [7, 11) is 1.60. The Morgan fingerprint density at radius 3 is 2.68 bits per heavy atom. The maximum absolute atomic E-state index is 14.4. The predicted octanol–water partition coefficient (Wildman–Crippen LogP) is 3.85. The summed E-state index contributed by atoms with van der Waals surface area (Å²) in [5.74, 6) is -0.528. The third kappa shape index (κ3) is 7.13. The van der Waals surface area contributed by atoms with Crippen LogP contribution in [-0.2, 0) is 16.0 Å². The van der Waals surface area contributed by atoms with Gasteiger partial charge in [0.25, 0.3) is 0 Å². The number of nitrogens with one attached hydrogen (secondary N) is 2. The lowest BCUT2D eigenvalue weighted by atomic mass is 10.1. The summed E-state index contributed by atoms with van der Waals surface area (Å²) in [4.78, 5) is 32.7. The highest BCUT2D eigenvalue weighted by Gasteiger charge is 2.32. The van der Waals surface area contributed by atoms with Crippen LogP contribution in [0.25, 0.3) is 0 Å². The molecule has 184 valence electrons. The minimum atomic E-state index is -0.556. The molecule has 1 saturated heterocycles. The topological polar surface area (TPSA) is 96.0 Å². The molecular weight excluding hydrogens is 441 g/mol. The van der Waals surface area contributed by atoms with Crippen molar-refractivity contribution in [2.45, 2.75) is 39.5 Å². The lowest BCUT2D eigenvalue weighted by molar-refractivity contribution is 0.00558. The first-order valence-corrected chi connectivity index (χ1v) is 11.2. The minimum absolute atomic E-state index is 0.0858. The van der Waals surface area contributed by atoms with Crippen LogP contribution in [0.2, 0.25) is 0 Å². The van der Waals surface area contributed by atoms with Gasteiger partial charge in [-0.25, -0.2) is 14.0 Å². The Hall–Kier alpha value is -3.24. The van der Waals surface area contributed by atoms with Crippen LogP contribution in [0.1, 0.15) is 25.1 Å². The van der Waals surface area contributed by atoms with Gasteiger partial charge in [-0.3, -0.25) is 9.88 Å². The highest BCUT2D eigenvalue weighted by molar-refractivity contribution is 5.99. The third-order valence-corrected chi connectivity index (χ3v) is 5.35. The maximum Gasteiger partial charge on any atom is 0.410 e. The molecule has 2 aromatic rings.